The maximum Gasteiger partial charge on any atom is 0.329 e. The fraction of sp³-hybridized carbons (Fsp3) is 0.312. The minimum atomic E-state index is -1.33. The molecule has 1 unspecified atom stereocenters. The van der Waals surface area contributed by atoms with Crippen molar-refractivity contribution in [3.05, 3.63) is 46.7 Å². The fourth-order valence-corrected chi connectivity index (χ4v) is 2.28. The first-order chi connectivity index (χ1) is 10.8. The molecule has 1 heterocycles. The topological polar surface area (TPSA) is 84.2 Å². The summed E-state index contributed by atoms with van der Waals surface area (Å²) in [5.41, 5.74) is 0.182. The number of carboxylic acids is 1. The van der Waals surface area contributed by atoms with Gasteiger partial charge >= 0.3 is 5.97 Å². The van der Waals surface area contributed by atoms with Crippen LogP contribution in [0.1, 0.15) is 36.5 Å². The van der Waals surface area contributed by atoms with E-state index < -0.39 is 17.4 Å². The zero-order valence-electron chi connectivity index (χ0n) is 13.1. The molecule has 0 saturated carbocycles. The van der Waals surface area contributed by atoms with E-state index in [0.29, 0.717) is 10.7 Å². The van der Waals surface area contributed by atoms with Crippen LogP contribution >= 0.6 is 11.6 Å². The molecule has 0 aliphatic rings. The second-order valence-electron chi connectivity index (χ2n) is 5.48. The van der Waals surface area contributed by atoms with Crippen LogP contribution in [0.15, 0.2) is 30.3 Å². The molecular formula is C16H18ClN3O3. The lowest BCUT2D eigenvalue weighted by atomic mass is 9.99. The summed E-state index contributed by atoms with van der Waals surface area (Å²) in [6.45, 7) is 4.95. The highest BCUT2D eigenvalue weighted by Gasteiger charge is 2.33. The van der Waals surface area contributed by atoms with E-state index in [1.54, 1.807) is 42.8 Å². The highest BCUT2D eigenvalue weighted by molar-refractivity contribution is 6.32. The van der Waals surface area contributed by atoms with Crippen molar-refractivity contribution >= 4 is 23.5 Å². The minimum Gasteiger partial charge on any atom is -0.480 e. The van der Waals surface area contributed by atoms with Gasteiger partial charge in [0.15, 0.2) is 5.69 Å². The Morgan fingerprint density at radius 3 is 2.61 bits per heavy atom. The molecule has 122 valence electrons. The van der Waals surface area contributed by atoms with Gasteiger partial charge in [-0.15, -0.1) is 0 Å². The second kappa shape index (κ2) is 6.42. The van der Waals surface area contributed by atoms with Crippen molar-refractivity contribution in [1.82, 2.24) is 15.1 Å². The Kier molecular flexibility index (Phi) is 4.75. The molecule has 2 aromatic rings. The van der Waals surface area contributed by atoms with Crippen LogP contribution in [0, 0.1) is 6.92 Å². The quantitative estimate of drug-likeness (QED) is 0.880. The summed E-state index contributed by atoms with van der Waals surface area (Å²) in [6.07, 6.45) is 0.262. The van der Waals surface area contributed by atoms with Crippen LogP contribution in [0.25, 0.3) is 5.69 Å². The van der Waals surface area contributed by atoms with Gasteiger partial charge in [0.05, 0.1) is 10.7 Å². The predicted molar refractivity (Wildman–Crippen MR) is 87.1 cm³/mol. The number of hydrogen-bond acceptors (Lipinski definition) is 3. The van der Waals surface area contributed by atoms with Crippen LogP contribution in [-0.2, 0) is 4.79 Å². The molecule has 23 heavy (non-hydrogen) atoms. The Bertz CT molecular complexity index is 757. The van der Waals surface area contributed by atoms with Gasteiger partial charge in [0, 0.05) is 5.69 Å². The van der Waals surface area contributed by atoms with Crippen LogP contribution in [0.2, 0.25) is 5.02 Å². The van der Waals surface area contributed by atoms with E-state index in [9.17, 15) is 14.7 Å². The highest BCUT2D eigenvalue weighted by Crippen LogP contribution is 2.21. The molecule has 0 bridgehead atoms. The van der Waals surface area contributed by atoms with Gasteiger partial charge in [0.25, 0.3) is 5.91 Å². The summed E-state index contributed by atoms with van der Waals surface area (Å²) < 4.78 is 1.56. The van der Waals surface area contributed by atoms with Gasteiger partial charge in [-0.3, -0.25) is 4.79 Å². The van der Waals surface area contributed by atoms with Gasteiger partial charge < -0.3 is 10.4 Å². The molecule has 1 amide bonds. The summed E-state index contributed by atoms with van der Waals surface area (Å²) in [4.78, 5) is 23.6. The van der Waals surface area contributed by atoms with Gasteiger partial charge in [-0.2, -0.15) is 5.10 Å². The number of nitrogens with zero attached hydrogens (tertiary/aromatic N) is 2. The summed E-state index contributed by atoms with van der Waals surface area (Å²) in [7, 11) is 0. The molecule has 2 rings (SSSR count). The van der Waals surface area contributed by atoms with Crippen molar-refractivity contribution in [2.24, 2.45) is 0 Å². The van der Waals surface area contributed by atoms with E-state index in [-0.39, 0.29) is 12.1 Å². The van der Waals surface area contributed by atoms with Crippen LogP contribution in [0.4, 0.5) is 0 Å². The van der Waals surface area contributed by atoms with Crippen LogP contribution in [0.3, 0.4) is 0 Å². The van der Waals surface area contributed by atoms with Crippen molar-refractivity contribution in [3.63, 3.8) is 0 Å². The van der Waals surface area contributed by atoms with E-state index in [4.69, 9.17) is 11.6 Å². The second-order valence-corrected chi connectivity index (χ2v) is 5.89. The van der Waals surface area contributed by atoms with Crippen molar-refractivity contribution in [1.29, 1.82) is 0 Å². The Morgan fingerprint density at radius 1 is 1.39 bits per heavy atom. The maximum absolute atomic E-state index is 12.3. The Hall–Kier alpha value is -2.34. The number of amides is 1. The number of carbonyl (C=O) groups excluding carboxylic acids is 1. The van der Waals surface area contributed by atoms with Crippen LogP contribution in [0.5, 0.6) is 0 Å². The number of rotatable bonds is 5. The largest absolute Gasteiger partial charge is 0.480 e. The third-order valence-electron chi connectivity index (χ3n) is 3.77. The van der Waals surface area contributed by atoms with Crippen molar-refractivity contribution in [2.45, 2.75) is 32.7 Å². The Labute approximate surface area is 139 Å². The number of carboxylic acid groups (broad SMARTS) is 1. The number of aryl methyl sites for hydroxylation is 1. The molecule has 0 aliphatic heterocycles. The molecule has 2 N–H and O–H groups in total. The summed E-state index contributed by atoms with van der Waals surface area (Å²) in [5, 5.41) is 16.5. The lowest BCUT2D eigenvalue weighted by Crippen LogP contribution is -2.51. The van der Waals surface area contributed by atoms with E-state index in [1.165, 1.54) is 6.92 Å². The summed E-state index contributed by atoms with van der Waals surface area (Å²) in [6, 6.07) is 8.74. The summed E-state index contributed by atoms with van der Waals surface area (Å²) >= 11 is 6.15. The average molecular weight is 336 g/mol. The zero-order chi connectivity index (χ0) is 17.2. The zero-order valence-corrected chi connectivity index (χ0v) is 13.9. The Balaban J connectivity index is 2.33. The number of nitrogens with one attached hydrogen (secondary N) is 1. The van der Waals surface area contributed by atoms with Gasteiger partial charge in [0.2, 0.25) is 0 Å². The maximum atomic E-state index is 12.3. The van der Waals surface area contributed by atoms with Gasteiger partial charge in [-0.1, -0.05) is 30.7 Å². The van der Waals surface area contributed by atoms with E-state index in [2.05, 4.69) is 10.4 Å². The first-order valence-electron chi connectivity index (χ1n) is 7.16. The summed E-state index contributed by atoms with van der Waals surface area (Å²) in [5.74, 6) is -1.62. The number of aliphatic carboxylic acids is 1. The van der Waals surface area contributed by atoms with E-state index >= 15 is 0 Å². The fourth-order valence-electron chi connectivity index (χ4n) is 2.06. The first-order valence-corrected chi connectivity index (χ1v) is 7.53. The highest BCUT2D eigenvalue weighted by atomic mass is 35.5. The van der Waals surface area contributed by atoms with Crippen molar-refractivity contribution in [3.8, 4) is 5.69 Å². The first kappa shape index (κ1) is 17.0. The van der Waals surface area contributed by atoms with Gasteiger partial charge in [0.1, 0.15) is 5.54 Å². The van der Waals surface area contributed by atoms with E-state index in [0.717, 1.165) is 5.69 Å². The van der Waals surface area contributed by atoms with E-state index in [1.807, 2.05) is 6.07 Å². The number of halogens is 1. The standard InChI is InChI=1S/C16H18ClN3O3/c1-4-16(3,15(22)23)18-14(21)12-9-10(2)20(19-12)13-8-6-5-7-11(13)17/h5-9H,4H2,1-3H3,(H,18,21)(H,22,23). The smallest absolute Gasteiger partial charge is 0.329 e. The molecule has 1 aromatic heterocycles. The molecule has 0 saturated heterocycles. The molecule has 0 aliphatic carbocycles. The Morgan fingerprint density at radius 2 is 2.04 bits per heavy atom. The third kappa shape index (κ3) is 3.37. The van der Waals surface area contributed by atoms with Crippen LogP contribution in [-0.4, -0.2) is 32.3 Å². The number of aromatic nitrogens is 2. The molecule has 0 spiro atoms. The lowest BCUT2D eigenvalue weighted by molar-refractivity contribution is -0.143. The molecule has 1 aromatic carbocycles. The molecule has 6 nitrogen and oxygen atoms in total. The third-order valence-corrected chi connectivity index (χ3v) is 4.09. The van der Waals surface area contributed by atoms with Crippen molar-refractivity contribution in [2.75, 3.05) is 0 Å². The molecule has 7 heteroatoms. The SMILES string of the molecule is CCC(C)(NC(=O)c1cc(C)n(-c2ccccc2Cl)n1)C(=O)O. The predicted octanol–water partition coefficient (Wildman–Crippen LogP) is 2.82. The van der Waals surface area contributed by atoms with Crippen molar-refractivity contribution < 1.29 is 14.7 Å². The average Bonchev–Trinajstić information content (AvgIpc) is 2.89. The van der Waals surface area contributed by atoms with Gasteiger partial charge in [-0.25, -0.2) is 9.48 Å². The monoisotopic (exact) mass is 335 g/mol. The lowest BCUT2D eigenvalue weighted by Gasteiger charge is -2.23. The number of para-hydroxylation sites is 1. The molecule has 1 atom stereocenters. The molecular weight excluding hydrogens is 318 g/mol. The number of carbonyl (C=O) groups is 2. The molecule has 0 fully saturated rings. The number of benzene rings is 1. The van der Waals surface area contributed by atoms with Crippen LogP contribution < -0.4 is 5.32 Å². The molecule has 0 radical (unpaired) electrons. The number of hydrogen-bond donors (Lipinski definition) is 2. The van der Waals surface area contributed by atoms with Gasteiger partial charge in [-0.05, 0) is 38.5 Å². The normalized spacial score (nSPS) is 13.4. The minimum absolute atomic E-state index is 0.142.